The fourth-order valence-corrected chi connectivity index (χ4v) is 2.44. The molecular weight excluding hydrogens is 310 g/mol. The van der Waals surface area contributed by atoms with Crippen molar-refractivity contribution in [2.75, 3.05) is 19.8 Å². The fourth-order valence-electron chi connectivity index (χ4n) is 2.44. The molecule has 0 aliphatic rings. The van der Waals surface area contributed by atoms with Gasteiger partial charge in [0.2, 0.25) is 0 Å². The highest BCUT2D eigenvalue weighted by atomic mass is 16.3. The van der Waals surface area contributed by atoms with Gasteiger partial charge in [0.1, 0.15) is 0 Å². The van der Waals surface area contributed by atoms with Crippen molar-refractivity contribution in [3.8, 4) is 6.19 Å². The van der Waals surface area contributed by atoms with Crippen LogP contribution in [0.25, 0.3) is 11.2 Å². The molecule has 0 spiro atoms. The number of nitriles is 1. The van der Waals surface area contributed by atoms with Gasteiger partial charge in [-0.15, -0.1) is 0 Å². The molecule has 11 heteroatoms. The summed E-state index contributed by atoms with van der Waals surface area (Å²) in [5, 5.41) is 36.4. The molecule has 0 bridgehead atoms. The summed E-state index contributed by atoms with van der Waals surface area (Å²) in [5.41, 5.74) is -3.09. The maximum atomic E-state index is 12.4. The first-order valence-electron chi connectivity index (χ1n) is 6.75. The first kappa shape index (κ1) is 16.7. The van der Waals surface area contributed by atoms with Gasteiger partial charge in [-0.3, -0.25) is 18.5 Å². The minimum absolute atomic E-state index is 0.149. The van der Waals surface area contributed by atoms with Gasteiger partial charge in [0.25, 0.3) is 5.56 Å². The number of aliphatic hydroxyl groups is 3. The second-order valence-corrected chi connectivity index (χ2v) is 4.60. The van der Waals surface area contributed by atoms with Crippen molar-refractivity contribution in [2.45, 2.75) is 19.6 Å². The van der Waals surface area contributed by atoms with E-state index < -0.39 is 36.8 Å². The predicted octanol–water partition coefficient (Wildman–Crippen LogP) is -3.57. The highest BCUT2D eigenvalue weighted by molar-refractivity contribution is 5.72. The maximum Gasteiger partial charge on any atom is 0.344 e. The van der Waals surface area contributed by atoms with Crippen molar-refractivity contribution in [3.05, 3.63) is 31.3 Å². The normalized spacial score (nSPS) is 11.0. The lowest BCUT2D eigenvalue weighted by Gasteiger charge is -2.12. The summed E-state index contributed by atoms with van der Waals surface area (Å²) in [6.45, 7) is -2.15. The average Bonchev–Trinajstić information content (AvgIpc) is 2.81. The number of hydrogen-bond donors (Lipinski definition) is 3. The van der Waals surface area contributed by atoms with E-state index in [4.69, 9.17) is 20.6 Å². The van der Waals surface area contributed by atoms with Crippen molar-refractivity contribution in [1.82, 2.24) is 18.3 Å². The lowest BCUT2D eigenvalue weighted by Crippen LogP contribution is -2.42. The zero-order chi connectivity index (χ0) is 17.1. The molecule has 2 heterocycles. The maximum absolute atomic E-state index is 12.4. The van der Waals surface area contributed by atoms with Crippen LogP contribution >= 0.6 is 0 Å². The zero-order valence-corrected chi connectivity index (χ0v) is 12.0. The Morgan fingerprint density at radius 3 is 1.78 bits per heavy atom. The summed E-state index contributed by atoms with van der Waals surface area (Å²) in [6.07, 6.45) is 1.56. The van der Waals surface area contributed by atoms with Gasteiger partial charge in [0, 0.05) is 0 Å². The van der Waals surface area contributed by atoms with Crippen LogP contribution in [0, 0.1) is 11.5 Å². The standard InChI is InChI=1S/C12H15N5O6/c13-7-17-8-9(15(2-5-19)12(17)23)14(1-4-18)11(22)16(3-6-20)10(8)21/h18-20H,1-6H2. The van der Waals surface area contributed by atoms with Crippen LogP contribution in [-0.2, 0) is 19.6 Å². The van der Waals surface area contributed by atoms with Crippen molar-refractivity contribution in [3.63, 3.8) is 0 Å². The second kappa shape index (κ2) is 6.61. The van der Waals surface area contributed by atoms with E-state index in [1.54, 1.807) is 6.19 Å². The quantitative estimate of drug-likeness (QED) is 0.496. The third-order valence-corrected chi connectivity index (χ3v) is 3.35. The third-order valence-electron chi connectivity index (χ3n) is 3.35. The fraction of sp³-hybridized carbons (Fsp3) is 0.500. The molecule has 0 atom stereocenters. The van der Waals surface area contributed by atoms with E-state index in [9.17, 15) is 14.4 Å². The smallest absolute Gasteiger partial charge is 0.344 e. The molecule has 124 valence electrons. The largest absolute Gasteiger partial charge is 0.395 e. The molecule has 0 saturated heterocycles. The van der Waals surface area contributed by atoms with E-state index in [-0.39, 0.29) is 30.8 Å². The van der Waals surface area contributed by atoms with Gasteiger partial charge in [0.15, 0.2) is 17.4 Å². The molecule has 23 heavy (non-hydrogen) atoms. The van der Waals surface area contributed by atoms with E-state index in [1.807, 2.05) is 0 Å². The van der Waals surface area contributed by atoms with Crippen molar-refractivity contribution in [2.24, 2.45) is 0 Å². The van der Waals surface area contributed by atoms with Crippen LogP contribution in [0.1, 0.15) is 0 Å². The summed E-state index contributed by atoms with van der Waals surface area (Å²) < 4.78 is 3.11. The average molecular weight is 325 g/mol. The number of aliphatic hydroxyl groups excluding tert-OH is 3. The Balaban J connectivity index is 3.11. The summed E-state index contributed by atoms with van der Waals surface area (Å²) >= 11 is 0. The van der Waals surface area contributed by atoms with E-state index in [0.29, 0.717) is 9.13 Å². The number of rotatable bonds is 6. The molecule has 0 amide bonds. The highest BCUT2D eigenvalue weighted by Gasteiger charge is 2.23. The Morgan fingerprint density at radius 1 is 0.826 bits per heavy atom. The molecule has 3 N–H and O–H groups in total. The minimum Gasteiger partial charge on any atom is -0.395 e. The molecule has 0 saturated carbocycles. The molecule has 0 aliphatic carbocycles. The van der Waals surface area contributed by atoms with Gasteiger partial charge in [-0.2, -0.15) is 9.83 Å². The monoisotopic (exact) mass is 325 g/mol. The molecule has 0 unspecified atom stereocenters. The van der Waals surface area contributed by atoms with Crippen LogP contribution in [0.2, 0.25) is 0 Å². The van der Waals surface area contributed by atoms with Crippen molar-refractivity contribution < 1.29 is 15.3 Å². The number of fused-ring (bicyclic) bond motifs is 1. The van der Waals surface area contributed by atoms with Gasteiger partial charge in [-0.1, -0.05) is 0 Å². The van der Waals surface area contributed by atoms with E-state index in [2.05, 4.69) is 0 Å². The molecule has 0 aromatic carbocycles. The van der Waals surface area contributed by atoms with Gasteiger partial charge in [-0.05, 0) is 0 Å². The number of hydrogen-bond acceptors (Lipinski definition) is 7. The van der Waals surface area contributed by atoms with Crippen LogP contribution < -0.4 is 16.9 Å². The molecule has 0 radical (unpaired) electrons. The Hall–Kier alpha value is -2.68. The summed E-state index contributed by atoms with van der Waals surface area (Å²) in [6, 6.07) is 0. The lowest BCUT2D eigenvalue weighted by atomic mass is 10.4. The van der Waals surface area contributed by atoms with Crippen LogP contribution in [-0.4, -0.2) is 53.4 Å². The van der Waals surface area contributed by atoms with Crippen molar-refractivity contribution in [1.29, 1.82) is 5.26 Å². The van der Waals surface area contributed by atoms with Gasteiger partial charge in [0.05, 0.1) is 39.5 Å². The minimum atomic E-state index is -0.899. The molecule has 2 rings (SSSR count). The van der Waals surface area contributed by atoms with Gasteiger partial charge < -0.3 is 15.3 Å². The van der Waals surface area contributed by atoms with Gasteiger partial charge >= 0.3 is 11.4 Å². The van der Waals surface area contributed by atoms with Crippen LogP contribution in [0.4, 0.5) is 0 Å². The molecule has 0 aliphatic heterocycles. The Morgan fingerprint density at radius 2 is 1.30 bits per heavy atom. The van der Waals surface area contributed by atoms with Crippen LogP contribution in [0.5, 0.6) is 0 Å². The zero-order valence-electron chi connectivity index (χ0n) is 12.0. The molecule has 0 fully saturated rings. The lowest BCUT2D eigenvalue weighted by molar-refractivity contribution is 0.260. The predicted molar refractivity (Wildman–Crippen MR) is 77.0 cm³/mol. The van der Waals surface area contributed by atoms with Gasteiger partial charge in [-0.25, -0.2) is 9.59 Å². The summed E-state index contributed by atoms with van der Waals surface area (Å²) in [7, 11) is 0. The third kappa shape index (κ3) is 2.48. The molecule has 2 aromatic heterocycles. The van der Waals surface area contributed by atoms with Crippen LogP contribution in [0.15, 0.2) is 14.4 Å². The van der Waals surface area contributed by atoms with E-state index >= 15 is 0 Å². The number of nitrogens with zero attached hydrogens (tertiary/aromatic N) is 5. The first-order valence-corrected chi connectivity index (χ1v) is 6.75. The first-order chi connectivity index (χ1) is 11.0. The number of imidazole rings is 1. The summed E-state index contributed by atoms with van der Waals surface area (Å²) in [5.74, 6) is 0. The SMILES string of the molecule is N#Cn1c(=O)n(CCO)c2c1c(=O)n(CCO)c(=O)n2CCO. The Bertz CT molecular complexity index is 940. The van der Waals surface area contributed by atoms with Crippen molar-refractivity contribution >= 4 is 11.2 Å². The van der Waals surface area contributed by atoms with Crippen LogP contribution in [0.3, 0.4) is 0 Å². The second-order valence-electron chi connectivity index (χ2n) is 4.60. The Kier molecular flexibility index (Phi) is 4.80. The topological polar surface area (TPSA) is 155 Å². The molecule has 2 aromatic rings. The highest BCUT2D eigenvalue weighted by Crippen LogP contribution is 2.07. The number of aromatic nitrogens is 4. The van der Waals surface area contributed by atoms with E-state index in [1.165, 1.54) is 0 Å². The summed E-state index contributed by atoms with van der Waals surface area (Å²) in [4.78, 5) is 37.0. The molecule has 11 nitrogen and oxygen atoms in total. The molecular formula is C12H15N5O6. The van der Waals surface area contributed by atoms with E-state index in [0.717, 1.165) is 9.13 Å². The Labute approximate surface area is 128 Å².